The monoisotopic (exact) mass is 402 g/mol. The Morgan fingerprint density at radius 2 is 1.79 bits per heavy atom. The number of nitro benzene ring substituents is 1. The number of nitro groups is 1. The van der Waals surface area contributed by atoms with E-state index in [1.807, 2.05) is 18.2 Å². The van der Waals surface area contributed by atoms with Gasteiger partial charge in [-0.3, -0.25) is 10.1 Å². The van der Waals surface area contributed by atoms with Gasteiger partial charge < -0.3 is 5.32 Å². The Balaban J connectivity index is 1.58. The highest BCUT2D eigenvalue weighted by Crippen LogP contribution is 2.51. The lowest BCUT2D eigenvalue weighted by Crippen LogP contribution is -2.29. The number of anilines is 1. The molecular formula is C24H19ClN2O2. The molecule has 0 saturated carbocycles. The number of nitrogens with one attached hydrogen (secondary N) is 1. The highest BCUT2D eigenvalue weighted by molar-refractivity contribution is 6.31. The summed E-state index contributed by atoms with van der Waals surface area (Å²) in [6.45, 7) is 0. The average molecular weight is 403 g/mol. The number of benzene rings is 3. The van der Waals surface area contributed by atoms with Gasteiger partial charge in [0.25, 0.3) is 5.69 Å². The van der Waals surface area contributed by atoms with E-state index >= 15 is 0 Å². The molecule has 144 valence electrons. The Hall–Kier alpha value is -3.11. The van der Waals surface area contributed by atoms with Crippen molar-refractivity contribution in [3.05, 3.63) is 105 Å². The molecule has 1 aliphatic heterocycles. The van der Waals surface area contributed by atoms with Gasteiger partial charge in [0, 0.05) is 34.3 Å². The second kappa shape index (κ2) is 7.05. The molecule has 0 spiro atoms. The highest BCUT2D eigenvalue weighted by Gasteiger charge is 2.39. The second-order valence-electron chi connectivity index (χ2n) is 7.61. The van der Waals surface area contributed by atoms with Crippen molar-refractivity contribution in [2.75, 3.05) is 5.32 Å². The van der Waals surface area contributed by atoms with Crippen molar-refractivity contribution in [1.82, 2.24) is 0 Å². The van der Waals surface area contributed by atoms with E-state index in [9.17, 15) is 10.1 Å². The molecule has 29 heavy (non-hydrogen) atoms. The number of fused-ring (bicyclic) bond motifs is 3. The van der Waals surface area contributed by atoms with Crippen LogP contribution < -0.4 is 5.32 Å². The highest BCUT2D eigenvalue weighted by atomic mass is 35.5. The molecule has 5 heteroatoms. The van der Waals surface area contributed by atoms with Gasteiger partial charge in [-0.15, -0.1) is 0 Å². The third-order valence-electron chi connectivity index (χ3n) is 6.00. The zero-order valence-electron chi connectivity index (χ0n) is 15.6. The van der Waals surface area contributed by atoms with Gasteiger partial charge >= 0.3 is 0 Å². The van der Waals surface area contributed by atoms with Crippen LogP contribution in [0.15, 0.2) is 78.9 Å². The Kier molecular flexibility index (Phi) is 4.36. The van der Waals surface area contributed by atoms with Gasteiger partial charge in [-0.25, -0.2) is 0 Å². The van der Waals surface area contributed by atoms with Crippen molar-refractivity contribution in [3.63, 3.8) is 0 Å². The van der Waals surface area contributed by atoms with Gasteiger partial charge in [0.05, 0.1) is 11.0 Å². The summed E-state index contributed by atoms with van der Waals surface area (Å²) in [5.74, 6) is 0.531. The predicted molar refractivity (Wildman–Crippen MR) is 116 cm³/mol. The zero-order valence-corrected chi connectivity index (χ0v) is 16.3. The molecule has 0 aromatic heterocycles. The molecule has 1 aliphatic carbocycles. The summed E-state index contributed by atoms with van der Waals surface area (Å²) in [5, 5.41) is 15.5. The first-order valence-corrected chi connectivity index (χ1v) is 10.1. The molecule has 0 bridgehead atoms. The molecule has 0 fully saturated rings. The molecule has 3 aromatic carbocycles. The van der Waals surface area contributed by atoms with E-state index in [0.717, 1.165) is 17.7 Å². The van der Waals surface area contributed by atoms with Crippen molar-refractivity contribution in [3.8, 4) is 11.1 Å². The van der Waals surface area contributed by atoms with Gasteiger partial charge in [-0.2, -0.15) is 0 Å². The van der Waals surface area contributed by atoms with Crippen molar-refractivity contribution in [1.29, 1.82) is 0 Å². The van der Waals surface area contributed by atoms with Crippen LogP contribution in [0.1, 0.15) is 29.5 Å². The average Bonchev–Trinajstić information content (AvgIpc) is 3.24. The molecule has 2 aliphatic rings. The topological polar surface area (TPSA) is 55.2 Å². The van der Waals surface area contributed by atoms with Crippen LogP contribution in [0, 0.1) is 16.0 Å². The molecule has 0 amide bonds. The van der Waals surface area contributed by atoms with Gasteiger partial charge in [0.2, 0.25) is 0 Å². The SMILES string of the molecule is O=[N+]([O-])c1ccc(Cl)c([C@@H]2Nc3ccc(-c4ccccc4)cc3[C@H]3C=CC[C@H]32)c1. The summed E-state index contributed by atoms with van der Waals surface area (Å²) in [5.41, 5.74) is 5.57. The molecule has 3 atom stereocenters. The van der Waals surface area contributed by atoms with Gasteiger partial charge in [0.1, 0.15) is 0 Å². The minimum Gasteiger partial charge on any atom is -0.378 e. The van der Waals surface area contributed by atoms with E-state index in [1.165, 1.54) is 22.8 Å². The summed E-state index contributed by atoms with van der Waals surface area (Å²) in [7, 11) is 0. The summed E-state index contributed by atoms with van der Waals surface area (Å²) in [4.78, 5) is 10.9. The lowest BCUT2D eigenvalue weighted by Gasteiger charge is -2.38. The number of rotatable bonds is 3. The fourth-order valence-corrected chi connectivity index (χ4v) is 4.83. The van der Waals surface area contributed by atoms with E-state index in [0.29, 0.717) is 5.02 Å². The summed E-state index contributed by atoms with van der Waals surface area (Å²) in [6, 6.07) is 21.5. The van der Waals surface area contributed by atoms with Crippen molar-refractivity contribution >= 4 is 23.0 Å². The Morgan fingerprint density at radius 3 is 2.59 bits per heavy atom. The molecule has 1 N–H and O–H groups in total. The first-order chi connectivity index (χ1) is 14.1. The summed E-state index contributed by atoms with van der Waals surface area (Å²) >= 11 is 6.47. The molecule has 5 rings (SSSR count). The maximum atomic E-state index is 11.3. The van der Waals surface area contributed by atoms with Crippen LogP contribution >= 0.6 is 11.6 Å². The lowest BCUT2D eigenvalue weighted by molar-refractivity contribution is -0.384. The minimum atomic E-state index is -0.368. The van der Waals surface area contributed by atoms with Gasteiger partial charge in [-0.05, 0) is 47.2 Å². The van der Waals surface area contributed by atoms with Gasteiger partial charge in [-0.1, -0.05) is 60.2 Å². The number of allylic oxidation sites excluding steroid dienone is 2. The van der Waals surface area contributed by atoms with Crippen molar-refractivity contribution in [2.45, 2.75) is 18.4 Å². The molecule has 3 aromatic rings. The van der Waals surface area contributed by atoms with E-state index in [1.54, 1.807) is 12.1 Å². The zero-order chi connectivity index (χ0) is 20.0. The molecule has 1 heterocycles. The maximum Gasteiger partial charge on any atom is 0.269 e. The predicted octanol–water partition coefficient (Wildman–Crippen LogP) is 6.74. The number of non-ortho nitro benzene ring substituents is 1. The van der Waals surface area contributed by atoms with E-state index in [-0.39, 0.29) is 28.5 Å². The number of hydrogen-bond acceptors (Lipinski definition) is 3. The van der Waals surface area contributed by atoms with Crippen LogP contribution in [-0.4, -0.2) is 4.92 Å². The summed E-state index contributed by atoms with van der Waals surface area (Å²) in [6.07, 6.45) is 5.38. The number of hydrogen-bond donors (Lipinski definition) is 1. The number of nitrogens with zero attached hydrogens (tertiary/aromatic N) is 1. The first kappa shape index (κ1) is 18.0. The number of halogens is 1. The molecule has 0 saturated heterocycles. The quantitative estimate of drug-likeness (QED) is 0.300. The van der Waals surface area contributed by atoms with Gasteiger partial charge in [0.15, 0.2) is 0 Å². The second-order valence-corrected chi connectivity index (χ2v) is 8.01. The Morgan fingerprint density at radius 1 is 0.966 bits per heavy atom. The van der Waals surface area contributed by atoms with Crippen LogP contribution in [0.3, 0.4) is 0 Å². The van der Waals surface area contributed by atoms with Crippen molar-refractivity contribution < 1.29 is 4.92 Å². The van der Waals surface area contributed by atoms with Crippen molar-refractivity contribution in [2.24, 2.45) is 5.92 Å². The van der Waals surface area contributed by atoms with E-state index in [4.69, 9.17) is 11.6 Å². The van der Waals surface area contributed by atoms with Crippen LogP contribution in [0.2, 0.25) is 5.02 Å². The molecule has 4 nitrogen and oxygen atoms in total. The molecular weight excluding hydrogens is 384 g/mol. The maximum absolute atomic E-state index is 11.3. The van der Waals surface area contributed by atoms with Crippen LogP contribution in [0.4, 0.5) is 11.4 Å². The molecule has 0 unspecified atom stereocenters. The van der Waals surface area contributed by atoms with Crippen LogP contribution in [-0.2, 0) is 0 Å². The van der Waals surface area contributed by atoms with Crippen LogP contribution in [0.25, 0.3) is 11.1 Å². The molecule has 0 radical (unpaired) electrons. The third kappa shape index (κ3) is 3.10. The van der Waals surface area contributed by atoms with E-state index < -0.39 is 0 Å². The Labute approximate surface area is 174 Å². The summed E-state index contributed by atoms with van der Waals surface area (Å²) < 4.78 is 0. The minimum absolute atomic E-state index is 0.0685. The third-order valence-corrected chi connectivity index (χ3v) is 6.34. The lowest BCUT2D eigenvalue weighted by atomic mass is 9.76. The first-order valence-electron chi connectivity index (χ1n) is 9.68. The smallest absolute Gasteiger partial charge is 0.269 e. The fraction of sp³-hybridized carbons (Fsp3) is 0.167. The van der Waals surface area contributed by atoms with Crippen LogP contribution in [0.5, 0.6) is 0 Å². The van der Waals surface area contributed by atoms with E-state index in [2.05, 4.69) is 47.8 Å². The Bertz CT molecular complexity index is 1130. The largest absolute Gasteiger partial charge is 0.378 e. The fourth-order valence-electron chi connectivity index (χ4n) is 4.60. The normalized spacial score (nSPS) is 21.9. The standard InChI is InChI=1S/C24H19ClN2O2/c25-22-11-10-17(27(28)29)14-21(22)24-19-8-4-7-18(19)20-13-16(9-12-23(20)26-24)15-5-2-1-3-6-15/h1-7,9-14,18-19,24,26H,8H2/t18-,19+,24+/m0/s1.